The van der Waals surface area contributed by atoms with Gasteiger partial charge in [0.2, 0.25) is 0 Å². The number of anilines is 2. The van der Waals surface area contributed by atoms with Gasteiger partial charge in [0.1, 0.15) is 5.82 Å². The van der Waals surface area contributed by atoms with E-state index >= 15 is 0 Å². The Hall–Kier alpha value is -5.21. The number of benzene rings is 7. The molecular weight excluding hydrogens is 586 g/mol. The molecule has 0 bridgehead atoms. The minimum Gasteiger partial charge on any atom is -0.334 e. The van der Waals surface area contributed by atoms with Gasteiger partial charge in [-0.3, -0.25) is 0 Å². The second kappa shape index (κ2) is 9.02. The monoisotopic (exact) mass is 619 g/mol. The summed E-state index contributed by atoms with van der Waals surface area (Å²) in [6.45, 7) is 4.86. The Morgan fingerprint density at radius 2 is 1.17 bits per heavy atom. The molecule has 2 aliphatic rings. The van der Waals surface area contributed by atoms with E-state index in [1.165, 1.54) is 99.9 Å². The van der Waals surface area contributed by atoms with Crippen LogP contribution >= 0.6 is 0 Å². The van der Waals surface area contributed by atoms with Crippen molar-refractivity contribution in [2.75, 3.05) is 4.90 Å². The van der Waals surface area contributed by atoms with Gasteiger partial charge in [-0.05, 0) is 144 Å². The third-order valence-electron chi connectivity index (χ3n) is 12.7. The Morgan fingerprint density at radius 3 is 1.90 bits per heavy atom. The summed E-state index contributed by atoms with van der Waals surface area (Å²) in [6, 6.07) is 44.1. The summed E-state index contributed by atoms with van der Waals surface area (Å²) in [5, 5.41) is 16.1. The molecular formula is C46H34FN. The normalized spacial score (nSPS) is 21.0. The largest absolute Gasteiger partial charge is 0.334 e. The van der Waals surface area contributed by atoms with Crippen LogP contribution in [-0.2, 0) is 5.41 Å². The first-order chi connectivity index (χ1) is 23.4. The fourth-order valence-corrected chi connectivity index (χ4v) is 10.3. The van der Waals surface area contributed by atoms with Crippen molar-refractivity contribution in [2.45, 2.75) is 50.5 Å². The van der Waals surface area contributed by atoms with Crippen LogP contribution in [0.1, 0.15) is 45.1 Å². The first kappa shape index (κ1) is 26.8. The fraction of sp³-hybridized carbons (Fsp3) is 0.174. The molecule has 1 fully saturated rings. The van der Waals surface area contributed by atoms with E-state index in [1.807, 2.05) is 6.07 Å². The maximum Gasteiger partial charge on any atom is 0.125 e. The molecule has 11 rings (SSSR count). The molecule has 0 spiro atoms. The van der Waals surface area contributed by atoms with Crippen LogP contribution in [0.25, 0.3) is 75.8 Å². The number of fused-ring (bicyclic) bond motifs is 9. The predicted molar refractivity (Wildman–Crippen MR) is 202 cm³/mol. The molecule has 1 heterocycles. The zero-order chi connectivity index (χ0) is 31.9. The van der Waals surface area contributed by atoms with Gasteiger partial charge in [-0.15, -0.1) is 0 Å². The Balaban J connectivity index is 1.14. The summed E-state index contributed by atoms with van der Waals surface area (Å²) in [4.78, 5) is 2.45. The highest BCUT2D eigenvalue weighted by molar-refractivity contribution is 6.38. The molecule has 2 atom stereocenters. The molecule has 1 aliphatic carbocycles. The first-order valence-corrected chi connectivity index (χ1v) is 17.4. The molecule has 9 aromatic carbocycles. The number of nitrogens with zero attached hydrogens (tertiary/aromatic N) is 1. The summed E-state index contributed by atoms with van der Waals surface area (Å²) in [7, 11) is 0. The SMILES string of the molecule is CC12CCCCC1(C)N(c1cccc(F)c1)c1ccc(-c3ccc4c5cc6c(cc5c5cccc3c54)c3cccc4cccc6c43)cc12. The third kappa shape index (κ3) is 3.17. The Kier molecular flexibility index (Phi) is 5.04. The fourth-order valence-electron chi connectivity index (χ4n) is 10.3. The van der Waals surface area contributed by atoms with Crippen molar-refractivity contribution in [1.29, 1.82) is 0 Å². The van der Waals surface area contributed by atoms with E-state index in [0.717, 1.165) is 18.5 Å². The van der Waals surface area contributed by atoms with Crippen LogP contribution in [0.2, 0.25) is 0 Å². The summed E-state index contributed by atoms with van der Waals surface area (Å²) < 4.78 is 14.6. The molecule has 9 aromatic rings. The van der Waals surface area contributed by atoms with Gasteiger partial charge >= 0.3 is 0 Å². The van der Waals surface area contributed by atoms with Crippen LogP contribution in [0.15, 0.2) is 121 Å². The standard InChI is InChI=1S/C46H34FN/c1-45-21-3-4-22-46(45,2)48(30-12-7-11-29(47)24-30)42-20-17-28(23-41(42)45)31-18-19-36-40-26-38-34-14-6-10-27-9-5-13-33(43(27)34)37(38)25-39(40)35-16-8-15-32(31)44(35)36/h5-20,23-26H,3-4,21-22H2,1-2H3. The molecule has 0 amide bonds. The maximum absolute atomic E-state index is 14.6. The van der Waals surface area contributed by atoms with Gasteiger partial charge < -0.3 is 4.90 Å². The van der Waals surface area contributed by atoms with Crippen molar-refractivity contribution in [3.63, 3.8) is 0 Å². The van der Waals surface area contributed by atoms with E-state index < -0.39 is 0 Å². The second-order valence-corrected chi connectivity index (χ2v) is 14.9. The van der Waals surface area contributed by atoms with Crippen molar-refractivity contribution in [2.24, 2.45) is 0 Å². The number of halogens is 1. The van der Waals surface area contributed by atoms with Crippen LogP contribution in [0.5, 0.6) is 0 Å². The first-order valence-electron chi connectivity index (χ1n) is 17.4. The van der Waals surface area contributed by atoms with Crippen molar-refractivity contribution in [1.82, 2.24) is 0 Å². The lowest BCUT2D eigenvalue weighted by molar-refractivity contribution is 0.195. The van der Waals surface area contributed by atoms with Crippen LogP contribution in [-0.4, -0.2) is 5.54 Å². The second-order valence-electron chi connectivity index (χ2n) is 14.9. The summed E-state index contributed by atoms with van der Waals surface area (Å²) in [5.74, 6) is -0.181. The zero-order valence-corrected chi connectivity index (χ0v) is 27.2. The van der Waals surface area contributed by atoms with Crippen LogP contribution in [0.4, 0.5) is 15.8 Å². The molecule has 230 valence electrons. The highest BCUT2D eigenvalue weighted by Gasteiger charge is 2.57. The number of rotatable bonds is 2. The van der Waals surface area contributed by atoms with Gasteiger partial charge in [0.25, 0.3) is 0 Å². The summed E-state index contributed by atoms with van der Waals surface area (Å²) in [6.07, 6.45) is 4.63. The summed E-state index contributed by atoms with van der Waals surface area (Å²) in [5.41, 5.74) is 5.94. The van der Waals surface area contributed by atoms with Gasteiger partial charge in [-0.25, -0.2) is 4.39 Å². The predicted octanol–water partition coefficient (Wildman–Crippen LogP) is 13.0. The van der Waals surface area contributed by atoms with E-state index in [4.69, 9.17) is 0 Å². The highest BCUT2D eigenvalue weighted by atomic mass is 19.1. The quantitative estimate of drug-likeness (QED) is 0.186. The molecule has 0 saturated heterocycles. The molecule has 1 saturated carbocycles. The van der Waals surface area contributed by atoms with Crippen LogP contribution in [0, 0.1) is 5.82 Å². The molecule has 48 heavy (non-hydrogen) atoms. The molecule has 1 aliphatic heterocycles. The maximum atomic E-state index is 14.6. The average Bonchev–Trinajstić information content (AvgIpc) is 3.67. The van der Waals surface area contributed by atoms with E-state index in [2.05, 4.69) is 122 Å². The van der Waals surface area contributed by atoms with Crippen molar-refractivity contribution in [3.8, 4) is 11.1 Å². The van der Waals surface area contributed by atoms with E-state index in [9.17, 15) is 4.39 Å². The lowest BCUT2D eigenvalue weighted by Crippen LogP contribution is -2.54. The van der Waals surface area contributed by atoms with Crippen molar-refractivity contribution in [3.05, 3.63) is 133 Å². The van der Waals surface area contributed by atoms with Gasteiger partial charge in [-0.1, -0.05) is 98.6 Å². The van der Waals surface area contributed by atoms with Crippen molar-refractivity contribution < 1.29 is 4.39 Å². The molecule has 2 heteroatoms. The molecule has 2 unspecified atom stereocenters. The lowest BCUT2D eigenvalue weighted by Gasteiger charge is -2.50. The molecule has 0 radical (unpaired) electrons. The van der Waals surface area contributed by atoms with Gasteiger partial charge in [0.05, 0.1) is 5.54 Å². The van der Waals surface area contributed by atoms with Crippen molar-refractivity contribution >= 4 is 76.0 Å². The Morgan fingerprint density at radius 1 is 0.542 bits per heavy atom. The average molecular weight is 620 g/mol. The minimum absolute atomic E-state index is 0.0340. The topological polar surface area (TPSA) is 3.24 Å². The van der Waals surface area contributed by atoms with E-state index in [1.54, 1.807) is 12.1 Å². The smallest absolute Gasteiger partial charge is 0.125 e. The Bertz CT molecular complexity index is 2710. The van der Waals surface area contributed by atoms with Crippen LogP contribution in [0.3, 0.4) is 0 Å². The lowest BCUT2D eigenvalue weighted by atomic mass is 9.61. The molecule has 0 N–H and O–H groups in total. The third-order valence-corrected chi connectivity index (χ3v) is 12.7. The minimum atomic E-state index is -0.181. The summed E-state index contributed by atoms with van der Waals surface area (Å²) >= 11 is 0. The molecule has 1 nitrogen and oxygen atoms in total. The molecule has 0 aromatic heterocycles. The van der Waals surface area contributed by atoms with E-state index in [0.29, 0.717) is 0 Å². The van der Waals surface area contributed by atoms with E-state index in [-0.39, 0.29) is 16.8 Å². The zero-order valence-electron chi connectivity index (χ0n) is 27.2. The Labute approximate surface area is 278 Å². The van der Waals surface area contributed by atoms with Gasteiger partial charge in [-0.2, -0.15) is 0 Å². The van der Waals surface area contributed by atoms with Gasteiger partial charge in [0, 0.05) is 16.8 Å². The number of hydrogen-bond acceptors (Lipinski definition) is 1. The van der Waals surface area contributed by atoms with Crippen LogP contribution < -0.4 is 4.90 Å². The number of hydrogen-bond donors (Lipinski definition) is 0. The van der Waals surface area contributed by atoms with Gasteiger partial charge in [0.15, 0.2) is 0 Å². The highest BCUT2D eigenvalue weighted by Crippen LogP contribution is 2.61.